The van der Waals surface area contributed by atoms with Crippen LogP contribution in [0.5, 0.6) is 0 Å². The van der Waals surface area contributed by atoms with E-state index in [4.69, 9.17) is 4.98 Å². The van der Waals surface area contributed by atoms with Crippen molar-refractivity contribution in [3.8, 4) is 16.3 Å². The topological polar surface area (TPSA) is 30.2 Å². The number of aromatic nitrogens is 2. The molecule has 0 aliphatic carbocycles. The summed E-state index contributed by atoms with van der Waals surface area (Å²) in [5.41, 5.74) is 7.67. The quantitative estimate of drug-likeness (QED) is 0.266. The monoisotopic (exact) mass is 439 g/mol. The van der Waals surface area contributed by atoms with Crippen molar-refractivity contribution in [1.82, 2.24) is 9.55 Å². The molecule has 0 radical (unpaired) electrons. The number of nitrogens with zero attached hydrogens (tertiary/aromatic N) is 3. The van der Waals surface area contributed by atoms with E-state index in [-0.39, 0.29) is 5.82 Å². The Morgan fingerprint density at radius 1 is 0.938 bits per heavy atom. The summed E-state index contributed by atoms with van der Waals surface area (Å²) in [4.78, 5) is 9.40. The average molecular weight is 440 g/mol. The zero-order valence-electron chi connectivity index (χ0n) is 18.1. The van der Waals surface area contributed by atoms with Crippen molar-refractivity contribution in [2.24, 2.45) is 4.99 Å². The van der Waals surface area contributed by atoms with Crippen LogP contribution in [-0.2, 0) is 0 Å². The first-order valence-electron chi connectivity index (χ1n) is 10.4. The molecule has 0 unspecified atom stereocenters. The van der Waals surface area contributed by atoms with Gasteiger partial charge in [-0.15, -0.1) is 11.3 Å². The van der Waals surface area contributed by atoms with Gasteiger partial charge in [-0.1, -0.05) is 18.2 Å². The van der Waals surface area contributed by atoms with E-state index in [1.54, 1.807) is 23.5 Å². The predicted molar refractivity (Wildman–Crippen MR) is 132 cm³/mol. The van der Waals surface area contributed by atoms with Crippen LogP contribution in [-0.4, -0.2) is 15.8 Å². The Bertz CT molecular complexity index is 1460. The summed E-state index contributed by atoms with van der Waals surface area (Å²) in [5.74, 6) is -0.238. The maximum atomic E-state index is 14.3. The van der Waals surface area contributed by atoms with Gasteiger partial charge in [-0.05, 0) is 80.9 Å². The second-order valence-electron chi connectivity index (χ2n) is 7.91. The van der Waals surface area contributed by atoms with E-state index >= 15 is 0 Å². The lowest BCUT2D eigenvalue weighted by molar-refractivity contribution is 0.616. The zero-order valence-corrected chi connectivity index (χ0v) is 18.9. The van der Waals surface area contributed by atoms with Crippen molar-refractivity contribution in [1.29, 1.82) is 0 Å². The molecule has 0 N–H and O–H groups in total. The molecule has 0 amide bonds. The highest BCUT2D eigenvalue weighted by molar-refractivity contribution is 7.21. The molecule has 32 heavy (non-hydrogen) atoms. The number of halogens is 1. The van der Waals surface area contributed by atoms with Gasteiger partial charge in [-0.25, -0.2) is 9.37 Å². The highest BCUT2D eigenvalue weighted by Gasteiger charge is 2.12. The Morgan fingerprint density at radius 2 is 1.72 bits per heavy atom. The second-order valence-corrected chi connectivity index (χ2v) is 8.94. The maximum absolute atomic E-state index is 14.3. The summed E-state index contributed by atoms with van der Waals surface area (Å²) < 4.78 is 17.4. The maximum Gasteiger partial charge on any atom is 0.147 e. The Morgan fingerprint density at radius 3 is 2.50 bits per heavy atom. The van der Waals surface area contributed by atoms with Crippen molar-refractivity contribution >= 4 is 33.5 Å². The van der Waals surface area contributed by atoms with E-state index in [0.29, 0.717) is 5.69 Å². The highest BCUT2D eigenvalue weighted by Crippen LogP contribution is 2.31. The second kappa shape index (κ2) is 8.17. The minimum Gasteiger partial charge on any atom is -0.315 e. The van der Waals surface area contributed by atoms with Gasteiger partial charge in [-0.2, -0.15) is 0 Å². The van der Waals surface area contributed by atoms with Crippen molar-refractivity contribution in [3.05, 3.63) is 101 Å². The summed E-state index contributed by atoms with van der Waals surface area (Å²) in [6, 6.07) is 23.3. The number of benzene rings is 3. The third-order valence-electron chi connectivity index (χ3n) is 5.57. The number of hydrogen-bond acceptors (Lipinski definition) is 3. The highest BCUT2D eigenvalue weighted by atomic mass is 32.1. The van der Waals surface area contributed by atoms with E-state index < -0.39 is 0 Å². The molecular formula is C27H22FN3S. The average Bonchev–Trinajstić information content (AvgIpc) is 3.33. The number of aliphatic imine (C=N–C) groups is 1. The van der Waals surface area contributed by atoms with E-state index in [1.165, 1.54) is 16.3 Å². The number of fused-ring (bicyclic) bond motifs is 1. The molecule has 2 heterocycles. The molecule has 3 nitrogen and oxygen atoms in total. The van der Waals surface area contributed by atoms with Gasteiger partial charge in [-0.3, -0.25) is 4.99 Å². The molecule has 0 aliphatic heterocycles. The molecular weight excluding hydrogens is 417 g/mol. The van der Waals surface area contributed by atoms with Crippen LogP contribution in [0, 0.1) is 26.6 Å². The fraction of sp³-hybridized carbons (Fsp3) is 0.111. The van der Waals surface area contributed by atoms with Gasteiger partial charge in [0, 0.05) is 28.7 Å². The molecule has 3 aromatic carbocycles. The first-order valence-corrected chi connectivity index (χ1v) is 11.3. The first kappa shape index (κ1) is 20.3. The minimum absolute atomic E-state index is 0.238. The third-order valence-corrected chi connectivity index (χ3v) is 6.64. The molecule has 5 heteroatoms. The van der Waals surface area contributed by atoms with Crippen molar-refractivity contribution in [3.63, 3.8) is 0 Å². The summed E-state index contributed by atoms with van der Waals surface area (Å²) in [6.07, 6.45) is 1.84. The number of thiazole rings is 1. The van der Waals surface area contributed by atoms with E-state index in [2.05, 4.69) is 42.2 Å². The number of aryl methyl sites for hydroxylation is 2. The largest absolute Gasteiger partial charge is 0.315 e. The van der Waals surface area contributed by atoms with Crippen LogP contribution in [0.25, 0.3) is 26.5 Å². The summed E-state index contributed by atoms with van der Waals surface area (Å²) >= 11 is 1.70. The molecule has 0 bridgehead atoms. The van der Waals surface area contributed by atoms with Crippen LogP contribution >= 0.6 is 11.3 Å². The summed E-state index contributed by atoms with van der Waals surface area (Å²) in [7, 11) is 0. The Labute approximate surface area is 190 Å². The van der Waals surface area contributed by atoms with Gasteiger partial charge in [0.2, 0.25) is 0 Å². The molecule has 0 saturated carbocycles. The Kier molecular flexibility index (Phi) is 5.19. The van der Waals surface area contributed by atoms with Crippen LogP contribution < -0.4 is 0 Å². The summed E-state index contributed by atoms with van der Waals surface area (Å²) in [5, 5.41) is 1.01. The van der Waals surface area contributed by atoms with Crippen LogP contribution in [0.15, 0.2) is 77.8 Å². The molecule has 0 atom stereocenters. The van der Waals surface area contributed by atoms with E-state index in [9.17, 15) is 4.39 Å². The zero-order chi connectivity index (χ0) is 22.2. The van der Waals surface area contributed by atoms with E-state index in [1.807, 2.05) is 48.9 Å². The molecule has 0 saturated heterocycles. The number of para-hydroxylation sites is 1. The standard InChI is InChI=1S/C27H22FN3S/c1-17-8-13-24-26(14-17)32-27(30-24)20-9-11-22(12-10-20)29-16-21-15-18(2)31(19(21)3)25-7-5-4-6-23(25)28/h4-16H,1-3H3. The van der Waals surface area contributed by atoms with Gasteiger partial charge >= 0.3 is 0 Å². The fourth-order valence-electron chi connectivity index (χ4n) is 3.91. The van der Waals surface area contributed by atoms with Crippen LogP contribution in [0.1, 0.15) is 22.5 Å². The Balaban J connectivity index is 1.40. The van der Waals surface area contributed by atoms with Crippen molar-refractivity contribution < 1.29 is 4.39 Å². The van der Waals surface area contributed by atoms with Crippen LogP contribution in [0.3, 0.4) is 0 Å². The molecule has 2 aromatic heterocycles. The van der Waals surface area contributed by atoms with Gasteiger partial charge in [0.1, 0.15) is 10.8 Å². The lowest BCUT2D eigenvalue weighted by Crippen LogP contribution is -2.02. The van der Waals surface area contributed by atoms with Crippen molar-refractivity contribution in [2.75, 3.05) is 0 Å². The van der Waals surface area contributed by atoms with Crippen LogP contribution in [0.4, 0.5) is 10.1 Å². The molecule has 158 valence electrons. The molecule has 0 aliphatic rings. The van der Waals surface area contributed by atoms with Crippen molar-refractivity contribution in [2.45, 2.75) is 20.8 Å². The van der Waals surface area contributed by atoms with Gasteiger partial charge in [0.05, 0.1) is 21.6 Å². The third kappa shape index (κ3) is 3.76. The lowest BCUT2D eigenvalue weighted by Gasteiger charge is -2.10. The Hall–Kier alpha value is -3.57. The van der Waals surface area contributed by atoms with Gasteiger partial charge in [0.25, 0.3) is 0 Å². The normalized spacial score (nSPS) is 11.6. The first-order chi connectivity index (χ1) is 15.5. The molecule has 5 rings (SSSR count). The fourth-order valence-corrected chi connectivity index (χ4v) is 4.98. The lowest BCUT2D eigenvalue weighted by atomic mass is 10.2. The molecule has 0 spiro atoms. The molecule has 0 fully saturated rings. The molecule has 5 aromatic rings. The minimum atomic E-state index is -0.238. The smallest absolute Gasteiger partial charge is 0.147 e. The van der Waals surface area contributed by atoms with E-state index in [0.717, 1.165) is 38.7 Å². The SMILES string of the molecule is Cc1ccc2nc(-c3ccc(N=Cc4cc(C)n(-c5ccccc5F)c4C)cc3)sc2c1. The number of rotatable bonds is 4. The summed E-state index contributed by atoms with van der Waals surface area (Å²) in [6.45, 7) is 6.06. The number of hydrogen-bond donors (Lipinski definition) is 0. The van der Waals surface area contributed by atoms with Crippen LogP contribution in [0.2, 0.25) is 0 Å². The van der Waals surface area contributed by atoms with Gasteiger partial charge < -0.3 is 4.57 Å². The predicted octanol–water partition coefficient (Wildman–Crippen LogP) is 7.57. The van der Waals surface area contributed by atoms with Gasteiger partial charge in [0.15, 0.2) is 0 Å².